The van der Waals surface area contributed by atoms with Crippen LogP contribution in [0, 0.1) is 10.1 Å². The van der Waals surface area contributed by atoms with E-state index >= 15 is 0 Å². The van der Waals surface area contributed by atoms with E-state index in [1.54, 1.807) is 17.5 Å². The molecule has 7 nitrogen and oxygen atoms in total. The summed E-state index contributed by atoms with van der Waals surface area (Å²) >= 11 is 1.14. The molecule has 0 saturated heterocycles. The van der Waals surface area contributed by atoms with Crippen LogP contribution in [0.3, 0.4) is 0 Å². The van der Waals surface area contributed by atoms with Crippen LogP contribution >= 0.6 is 11.3 Å². The molecular weight excluding hydrogens is 473 g/mol. The second-order valence-electron chi connectivity index (χ2n) is 6.97. The lowest BCUT2D eigenvalue weighted by Crippen LogP contribution is -2.05. The predicted molar refractivity (Wildman–Crippen MR) is 119 cm³/mol. The maximum Gasteiger partial charge on any atom is 0.511 e. The first-order valence-corrected chi connectivity index (χ1v) is 10.4. The monoisotopic (exact) mass is 486 g/mol. The van der Waals surface area contributed by atoms with Gasteiger partial charge in [0.15, 0.2) is 0 Å². The molecular formula is C23H13F3N2O5S. The van der Waals surface area contributed by atoms with Gasteiger partial charge in [-0.05, 0) is 30.3 Å². The zero-order chi connectivity index (χ0) is 24.5. The number of hydrogen-bond acceptors (Lipinski definition) is 6. The van der Waals surface area contributed by atoms with Crippen LogP contribution in [0.1, 0.15) is 5.56 Å². The number of ether oxygens (including phenoxy) is 1. The van der Waals surface area contributed by atoms with Crippen molar-refractivity contribution in [2.45, 2.75) is 6.18 Å². The number of nitrogens with zero attached hydrogens (tertiary/aromatic N) is 2. The molecule has 0 unspecified atom stereocenters. The fourth-order valence-electron chi connectivity index (χ4n) is 3.31. The highest BCUT2D eigenvalue weighted by molar-refractivity contribution is 7.13. The average Bonchev–Trinajstić information content (AvgIpc) is 3.29. The van der Waals surface area contributed by atoms with Crippen molar-refractivity contribution < 1.29 is 32.7 Å². The Labute approximate surface area is 193 Å². The number of thiazole rings is 1. The van der Waals surface area contributed by atoms with Crippen LogP contribution in [-0.2, 0) is 6.18 Å². The summed E-state index contributed by atoms with van der Waals surface area (Å²) in [5, 5.41) is 22.6. The number of alkyl halides is 3. The highest BCUT2D eigenvalue weighted by atomic mass is 32.1. The third kappa shape index (κ3) is 4.74. The molecule has 1 aromatic heterocycles. The van der Waals surface area contributed by atoms with Gasteiger partial charge in [-0.2, -0.15) is 13.2 Å². The molecule has 3 aromatic carbocycles. The van der Waals surface area contributed by atoms with E-state index in [1.807, 2.05) is 0 Å². The summed E-state index contributed by atoms with van der Waals surface area (Å²) in [7, 11) is 0. The smallest absolute Gasteiger partial charge is 0.449 e. The number of benzene rings is 3. The Hall–Kier alpha value is -4.25. The van der Waals surface area contributed by atoms with Crippen molar-refractivity contribution >= 4 is 23.2 Å². The predicted octanol–water partition coefficient (Wildman–Crippen LogP) is 7.13. The molecule has 0 saturated carbocycles. The standard InChI is InChI=1S/C23H13F3N2O5S/c24-23(25,26)15-5-3-4-13(10-15)18-12-34-21(27-18)14-8-9-17(20(11-14)33-22(29)30)16-6-1-2-7-19(16)28(31)32/h1-12H,(H,29,30). The SMILES string of the molecule is O=C(O)Oc1cc(-c2nc(-c3cccc(C(F)(F)F)c3)cs2)ccc1-c1ccccc1[N+](=O)[O-]. The van der Waals surface area contributed by atoms with Gasteiger partial charge in [0.05, 0.1) is 21.7 Å². The van der Waals surface area contributed by atoms with Crippen molar-refractivity contribution in [2.24, 2.45) is 0 Å². The largest absolute Gasteiger partial charge is 0.511 e. The van der Waals surface area contributed by atoms with E-state index in [0.717, 1.165) is 23.5 Å². The number of rotatable bonds is 5. The van der Waals surface area contributed by atoms with Crippen molar-refractivity contribution in [3.63, 3.8) is 0 Å². The minimum atomic E-state index is -4.49. The Morgan fingerprint density at radius 3 is 2.47 bits per heavy atom. The Kier molecular flexibility index (Phi) is 6.03. The molecule has 0 spiro atoms. The van der Waals surface area contributed by atoms with E-state index in [0.29, 0.717) is 16.3 Å². The molecule has 0 aliphatic heterocycles. The van der Waals surface area contributed by atoms with Crippen LogP contribution in [0.5, 0.6) is 5.75 Å². The molecule has 172 valence electrons. The van der Waals surface area contributed by atoms with Crippen molar-refractivity contribution in [1.29, 1.82) is 0 Å². The van der Waals surface area contributed by atoms with Gasteiger partial charge in [0.1, 0.15) is 10.8 Å². The van der Waals surface area contributed by atoms with Crippen molar-refractivity contribution in [1.82, 2.24) is 4.98 Å². The molecule has 11 heteroatoms. The number of carbonyl (C=O) groups is 1. The van der Waals surface area contributed by atoms with Gasteiger partial charge in [-0.1, -0.05) is 30.3 Å². The third-order valence-corrected chi connectivity index (χ3v) is 5.70. The second-order valence-corrected chi connectivity index (χ2v) is 7.83. The molecule has 4 rings (SSSR count). The lowest BCUT2D eigenvalue weighted by atomic mass is 10.0. The molecule has 34 heavy (non-hydrogen) atoms. The summed E-state index contributed by atoms with van der Waals surface area (Å²) in [6.07, 6.45) is -6.10. The van der Waals surface area contributed by atoms with E-state index < -0.39 is 22.8 Å². The molecule has 0 bridgehead atoms. The number of hydrogen-bond donors (Lipinski definition) is 1. The number of para-hydroxylation sites is 1. The zero-order valence-electron chi connectivity index (χ0n) is 16.9. The first kappa shape index (κ1) is 22.9. The number of aromatic nitrogens is 1. The van der Waals surface area contributed by atoms with Gasteiger partial charge in [0.2, 0.25) is 0 Å². The first-order chi connectivity index (χ1) is 16.1. The topological polar surface area (TPSA) is 103 Å². The summed E-state index contributed by atoms with van der Waals surface area (Å²) in [6, 6.07) is 15.0. The fraction of sp³-hybridized carbons (Fsp3) is 0.0435. The molecule has 0 fully saturated rings. The molecule has 0 radical (unpaired) electrons. The van der Waals surface area contributed by atoms with Crippen molar-refractivity contribution in [3.05, 3.63) is 87.8 Å². The second kappa shape index (κ2) is 8.94. The summed E-state index contributed by atoms with van der Waals surface area (Å²) < 4.78 is 44.0. The zero-order valence-corrected chi connectivity index (χ0v) is 17.8. The maximum atomic E-state index is 13.0. The first-order valence-electron chi connectivity index (χ1n) is 9.55. The maximum absolute atomic E-state index is 13.0. The lowest BCUT2D eigenvalue weighted by Gasteiger charge is -2.10. The normalized spacial score (nSPS) is 11.3. The third-order valence-electron chi connectivity index (χ3n) is 4.81. The highest BCUT2D eigenvalue weighted by Gasteiger charge is 2.30. The van der Waals surface area contributed by atoms with Crippen LogP contribution in [0.15, 0.2) is 72.1 Å². The van der Waals surface area contributed by atoms with Gasteiger partial charge in [0.25, 0.3) is 5.69 Å². The summed E-state index contributed by atoms with van der Waals surface area (Å²) in [4.78, 5) is 26.5. The van der Waals surface area contributed by atoms with Crippen LogP contribution in [0.25, 0.3) is 33.0 Å². The van der Waals surface area contributed by atoms with Gasteiger partial charge in [-0.15, -0.1) is 11.3 Å². The summed E-state index contributed by atoms with van der Waals surface area (Å²) in [5.74, 6) is -0.143. The Morgan fingerprint density at radius 1 is 1.00 bits per heavy atom. The Morgan fingerprint density at radius 2 is 1.76 bits per heavy atom. The van der Waals surface area contributed by atoms with Crippen molar-refractivity contribution in [2.75, 3.05) is 0 Å². The number of halogens is 3. The lowest BCUT2D eigenvalue weighted by molar-refractivity contribution is -0.384. The number of nitro benzene ring substituents is 1. The van der Waals surface area contributed by atoms with Gasteiger partial charge in [-0.3, -0.25) is 10.1 Å². The summed E-state index contributed by atoms with van der Waals surface area (Å²) in [5.41, 5.74) is 0.344. The summed E-state index contributed by atoms with van der Waals surface area (Å²) in [6.45, 7) is 0. The van der Waals surface area contributed by atoms with E-state index in [9.17, 15) is 28.1 Å². The van der Waals surface area contributed by atoms with Gasteiger partial charge in [0, 0.05) is 28.1 Å². The molecule has 4 aromatic rings. The average molecular weight is 486 g/mol. The van der Waals surface area contributed by atoms with Crippen LogP contribution < -0.4 is 4.74 Å². The van der Waals surface area contributed by atoms with Crippen molar-refractivity contribution in [3.8, 4) is 38.7 Å². The van der Waals surface area contributed by atoms with Crippen LogP contribution in [0.2, 0.25) is 0 Å². The van der Waals surface area contributed by atoms with Crippen LogP contribution in [-0.4, -0.2) is 21.2 Å². The molecule has 0 aliphatic rings. The van der Waals surface area contributed by atoms with E-state index in [-0.39, 0.29) is 28.1 Å². The van der Waals surface area contributed by atoms with E-state index in [2.05, 4.69) is 4.98 Å². The van der Waals surface area contributed by atoms with Gasteiger partial charge < -0.3 is 9.84 Å². The van der Waals surface area contributed by atoms with Gasteiger partial charge in [-0.25, -0.2) is 9.78 Å². The Bertz CT molecular complexity index is 1400. The molecule has 1 N–H and O–H groups in total. The van der Waals surface area contributed by atoms with Crippen LogP contribution in [0.4, 0.5) is 23.7 Å². The van der Waals surface area contributed by atoms with E-state index in [4.69, 9.17) is 9.84 Å². The molecule has 1 heterocycles. The molecule has 0 aliphatic carbocycles. The van der Waals surface area contributed by atoms with Gasteiger partial charge >= 0.3 is 12.3 Å². The molecule has 0 atom stereocenters. The number of nitro groups is 1. The minimum absolute atomic E-state index is 0.143. The quantitative estimate of drug-likeness (QED) is 0.139. The number of carboxylic acid groups (broad SMARTS) is 1. The highest BCUT2D eigenvalue weighted by Crippen LogP contribution is 2.40. The molecule has 0 amide bonds. The minimum Gasteiger partial charge on any atom is -0.449 e. The van der Waals surface area contributed by atoms with E-state index in [1.165, 1.54) is 42.5 Å². The fourth-order valence-corrected chi connectivity index (χ4v) is 4.14. The Balaban J connectivity index is 1.76.